The van der Waals surface area contributed by atoms with Gasteiger partial charge in [0.1, 0.15) is 13.2 Å². The van der Waals surface area contributed by atoms with Crippen LogP contribution in [0.1, 0.15) is 374 Å². The molecule has 1 unspecified atom stereocenters. The maximum atomic E-state index is 13.0. The van der Waals surface area contributed by atoms with Gasteiger partial charge in [-0.15, -0.1) is 0 Å². The van der Waals surface area contributed by atoms with Crippen molar-refractivity contribution in [3.05, 3.63) is 60.8 Å². The summed E-state index contributed by atoms with van der Waals surface area (Å²) in [6.45, 7) is 6.59. The molecule has 0 bridgehead atoms. The average Bonchev–Trinajstić information content (AvgIpc) is 3.46. The summed E-state index contributed by atoms with van der Waals surface area (Å²) in [5.74, 6) is -0.857. The van der Waals surface area contributed by atoms with Gasteiger partial charge < -0.3 is 14.2 Å². The van der Waals surface area contributed by atoms with Gasteiger partial charge in [0.15, 0.2) is 6.10 Å². The number of hydrogen-bond acceptors (Lipinski definition) is 6. The van der Waals surface area contributed by atoms with Gasteiger partial charge in [-0.3, -0.25) is 14.4 Å². The first-order valence-electron chi connectivity index (χ1n) is 35.3. The molecule has 0 spiro atoms. The van der Waals surface area contributed by atoms with E-state index in [1.807, 2.05) is 0 Å². The van der Waals surface area contributed by atoms with Gasteiger partial charge in [-0.2, -0.15) is 0 Å². The van der Waals surface area contributed by atoms with Crippen LogP contribution in [0.15, 0.2) is 60.8 Å². The standard InChI is InChI=1S/C74H134O6/c1-4-7-10-13-16-19-22-25-28-31-34-36-37-39-40-43-46-49-52-55-58-61-64-67-73(76)79-70-71(69-78-72(75)66-63-60-57-54-51-48-45-42-33-30-27-24-21-18-15-12-9-6-3)80-74(77)68-65-62-59-56-53-50-47-44-41-38-35-32-29-26-23-20-17-14-11-8-5-2/h8,11,17,20,26,29,31,34-35,38,71H,4-7,9-10,12-16,18-19,21-25,27-28,30,32-33,36-37,39-70H2,1-3H3/b11-8-,20-17-,29-26-,34-31-,38-35-. The molecule has 0 aromatic heterocycles. The monoisotopic (exact) mass is 1120 g/mol. The van der Waals surface area contributed by atoms with Gasteiger partial charge in [-0.05, 0) is 83.5 Å². The Bertz CT molecular complexity index is 1430. The van der Waals surface area contributed by atoms with E-state index in [-0.39, 0.29) is 31.1 Å². The van der Waals surface area contributed by atoms with Crippen molar-refractivity contribution in [2.75, 3.05) is 13.2 Å². The van der Waals surface area contributed by atoms with Crippen LogP contribution >= 0.6 is 0 Å². The van der Waals surface area contributed by atoms with E-state index >= 15 is 0 Å². The lowest BCUT2D eigenvalue weighted by Gasteiger charge is -2.18. The molecule has 0 aromatic rings. The fraction of sp³-hybridized carbons (Fsp3) is 0.824. The molecule has 6 heteroatoms. The molecule has 6 nitrogen and oxygen atoms in total. The number of unbranched alkanes of at least 4 members (excludes halogenated alkanes) is 44. The zero-order valence-electron chi connectivity index (χ0n) is 53.6. The Balaban J connectivity index is 4.34. The molecular formula is C74H134O6. The van der Waals surface area contributed by atoms with E-state index in [1.54, 1.807) is 0 Å². The molecule has 0 fully saturated rings. The van der Waals surface area contributed by atoms with Crippen LogP contribution in [-0.2, 0) is 28.6 Å². The van der Waals surface area contributed by atoms with Crippen LogP contribution < -0.4 is 0 Å². The minimum absolute atomic E-state index is 0.0734. The number of rotatable bonds is 65. The van der Waals surface area contributed by atoms with Crippen LogP contribution in [0.4, 0.5) is 0 Å². The highest BCUT2D eigenvalue weighted by Crippen LogP contribution is 2.18. The van der Waals surface area contributed by atoms with Gasteiger partial charge in [-0.25, -0.2) is 0 Å². The third kappa shape index (κ3) is 65.9. The maximum absolute atomic E-state index is 13.0. The SMILES string of the molecule is CC/C=C\C/C=C\C/C=C\C/C=C\CCCCCCCCCCC(=O)OC(COC(=O)CCCCCCCCCCCCC/C=C\CCCCCCCCCC)COC(=O)CCCCCCCCCCCCCCCCCCCC. The van der Waals surface area contributed by atoms with Crippen molar-refractivity contribution in [2.45, 2.75) is 380 Å². The zero-order chi connectivity index (χ0) is 57.8. The third-order valence-corrected chi connectivity index (χ3v) is 15.8. The minimum atomic E-state index is -0.779. The number of ether oxygens (including phenoxy) is 3. The fourth-order valence-electron chi connectivity index (χ4n) is 10.5. The Labute approximate surface area is 498 Å². The van der Waals surface area contributed by atoms with Gasteiger partial charge >= 0.3 is 17.9 Å². The number of carbonyl (C=O) groups is 3. The summed E-state index contributed by atoms with van der Waals surface area (Å²) in [6.07, 6.45) is 88.1. The third-order valence-electron chi connectivity index (χ3n) is 15.8. The van der Waals surface area contributed by atoms with E-state index in [1.165, 1.54) is 244 Å². The maximum Gasteiger partial charge on any atom is 0.306 e. The van der Waals surface area contributed by atoms with E-state index in [0.717, 1.165) is 89.9 Å². The Kier molecular flexibility index (Phi) is 66.1. The molecule has 80 heavy (non-hydrogen) atoms. The Morgan fingerprint density at radius 2 is 0.487 bits per heavy atom. The number of hydrogen-bond donors (Lipinski definition) is 0. The summed E-state index contributed by atoms with van der Waals surface area (Å²) in [4.78, 5) is 38.5. The van der Waals surface area contributed by atoms with Crippen LogP contribution in [0.3, 0.4) is 0 Å². The van der Waals surface area contributed by atoms with Crippen molar-refractivity contribution < 1.29 is 28.6 Å². The Morgan fingerprint density at radius 1 is 0.263 bits per heavy atom. The molecule has 466 valence electrons. The second kappa shape index (κ2) is 68.6. The molecule has 0 N–H and O–H groups in total. The number of esters is 3. The fourth-order valence-corrected chi connectivity index (χ4v) is 10.5. The molecule has 0 aliphatic carbocycles. The van der Waals surface area contributed by atoms with E-state index in [2.05, 4.69) is 81.5 Å². The predicted octanol–water partition coefficient (Wildman–Crippen LogP) is 24.3. The van der Waals surface area contributed by atoms with Crippen molar-refractivity contribution in [3.8, 4) is 0 Å². The molecule has 0 saturated carbocycles. The van der Waals surface area contributed by atoms with Gasteiger partial charge in [0, 0.05) is 19.3 Å². The highest BCUT2D eigenvalue weighted by atomic mass is 16.6. The van der Waals surface area contributed by atoms with E-state index in [9.17, 15) is 14.4 Å². The summed E-state index contributed by atoms with van der Waals surface area (Å²) >= 11 is 0. The molecule has 0 aliphatic heterocycles. The molecule has 0 saturated heterocycles. The molecule has 0 rings (SSSR count). The Morgan fingerprint density at radius 3 is 0.775 bits per heavy atom. The largest absolute Gasteiger partial charge is 0.462 e. The van der Waals surface area contributed by atoms with Crippen LogP contribution in [0.5, 0.6) is 0 Å². The van der Waals surface area contributed by atoms with Crippen molar-refractivity contribution in [1.29, 1.82) is 0 Å². The smallest absolute Gasteiger partial charge is 0.306 e. The van der Waals surface area contributed by atoms with Gasteiger partial charge in [0.05, 0.1) is 0 Å². The van der Waals surface area contributed by atoms with Crippen LogP contribution in [-0.4, -0.2) is 37.2 Å². The summed E-state index contributed by atoms with van der Waals surface area (Å²) in [7, 11) is 0. The molecule has 0 aliphatic rings. The average molecular weight is 1120 g/mol. The summed E-state index contributed by atoms with van der Waals surface area (Å²) in [5, 5.41) is 0. The van der Waals surface area contributed by atoms with Crippen LogP contribution in [0.25, 0.3) is 0 Å². The molecule has 0 heterocycles. The molecule has 0 radical (unpaired) electrons. The summed E-state index contributed by atoms with van der Waals surface area (Å²) in [6, 6.07) is 0. The molecule has 0 amide bonds. The second-order valence-corrected chi connectivity index (χ2v) is 23.8. The highest BCUT2D eigenvalue weighted by Gasteiger charge is 2.19. The van der Waals surface area contributed by atoms with E-state index in [4.69, 9.17) is 14.2 Å². The molecule has 0 aromatic carbocycles. The molecule has 1 atom stereocenters. The van der Waals surface area contributed by atoms with E-state index in [0.29, 0.717) is 19.3 Å². The number of carbonyl (C=O) groups excluding carboxylic acids is 3. The van der Waals surface area contributed by atoms with Gasteiger partial charge in [-0.1, -0.05) is 332 Å². The predicted molar refractivity (Wildman–Crippen MR) is 348 cm³/mol. The first-order valence-corrected chi connectivity index (χ1v) is 35.3. The minimum Gasteiger partial charge on any atom is -0.462 e. The lowest BCUT2D eigenvalue weighted by atomic mass is 10.0. The highest BCUT2D eigenvalue weighted by molar-refractivity contribution is 5.71. The summed E-state index contributed by atoms with van der Waals surface area (Å²) in [5.41, 5.74) is 0. The van der Waals surface area contributed by atoms with Crippen molar-refractivity contribution in [1.82, 2.24) is 0 Å². The van der Waals surface area contributed by atoms with Gasteiger partial charge in [0.25, 0.3) is 0 Å². The van der Waals surface area contributed by atoms with E-state index < -0.39 is 6.10 Å². The first kappa shape index (κ1) is 77.1. The summed E-state index contributed by atoms with van der Waals surface area (Å²) < 4.78 is 17.0. The topological polar surface area (TPSA) is 78.9 Å². The van der Waals surface area contributed by atoms with Crippen molar-refractivity contribution >= 4 is 17.9 Å². The van der Waals surface area contributed by atoms with Gasteiger partial charge in [0.2, 0.25) is 0 Å². The quantitative estimate of drug-likeness (QED) is 0.0261. The number of allylic oxidation sites excluding steroid dienone is 10. The first-order chi connectivity index (χ1) is 39.5. The van der Waals surface area contributed by atoms with Crippen molar-refractivity contribution in [3.63, 3.8) is 0 Å². The zero-order valence-corrected chi connectivity index (χ0v) is 53.6. The van der Waals surface area contributed by atoms with Crippen molar-refractivity contribution in [2.24, 2.45) is 0 Å². The second-order valence-electron chi connectivity index (χ2n) is 23.8. The van der Waals surface area contributed by atoms with Crippen LogP contribution in [0.2, 0.25) is 0 Å². The van der Waals surface area contributed by atoms with Crippen LogP contribution in [0, 0.1) is 0 Å². The lowest BCUT2D eigenvalue weighted by Crippen LogP contribution is -2.30. The normalized spacial score (nSPS) is 12.4. The molecular weight excluding hydrogens is 985 g/mol. The lowest BCUT2D eigenvalue weighted by molar-refractivity contribution is -0.167. The Hall–Kier alpha value is -2.89.